The van der Waals surface area contributed by atoms with E-state index in [1.54, 1.807) is 12.3 Å². The Labute approximate surface area is 181 Å². The smallest absolute Gasteiger partial charge is 0.278 e. The number of carbonyl (C=O) groups excluding carboxylic acids is 1. The van der Waals surface area contributed by atoms with Crippen molar-refractivity contribution in [1.82, 2.24) is 14.7 Å². The van der Waals surface area contributed by atoms with Crippen molar-refractivity contribution in [1.29, 1.82) is 0 Å². The predicted octanol–water partition coefficient (Wildman–Crippen LogP) is 3.29. The molecule has 2 aliphatic carbocycles. The lowest BCUT2D eigenvalue weighted by molar-refractivity contribution is -0.689. The number of aromatic nitrogens is 3. The van der Waals surface area contributed by atoms with E-state index in [4.69, 9.17) is 10.7 Å². The predicted molar refractivity (Wildman–Crippen MR) is 120 cm³/mol. The molecule has 0 unspecified atom stereocenters. The monoisotopic (exact) mass is 420 g/mol. The van der Waals surface area contributed by atoms with Crippen molar-refractivity contribution in [2.45, 2.75) is 76.3 Å². The molecule has 2 saturated carbocycles. The van der Waals surface area contributed by atoms with Gasteiger partial charge in [-0.3, -0.25) is 14.0 Å². The van der Waals surface area contributed by atoms with Crippen molar-refractivity contribution < 1.29 is 9.36 Å². The quantitative estimate of drug-likeness (QED) is 0.502. The molecule has 0 atom stereocenters. The number of nitrogens with two attached hydrogens (primary N) is 1. The second-order valence-electron chi connectivity index (χ2n) is 9.00. The summed E-state index contributed by atoms with van der Waals surface area (Å²) in [6, 6.07) is 7.48. The zero-order valence-electron chi connectivity index (χ0n) is 17.8. The van der Waals surface area contributed by atoms with Gasteiger partial charge in [-0.25, -0.2) is 4.57 Å². The fraction of sp³-hybridized carbons (Fsp3) is 0.500. The molecular formula is C24H30N5O2+. The molecule has 3 N–H and O–H groups in total. The van der Waals surface area contributed by atoms with E-state index in [2.05, 4.69) is 5.32 Å². The summed E-state index contributed by atoms with van der Waals surface area (Å²) in [6.07, 6.45) is 12.6. The number of anilines is 1. The van der Waals surface area contributed by atoms with Crippen LogP contribution in [-0.2, 0) is 0 Å². The van der Waals surface area contributed by atoms with E-state index in [0.717, 1.165) is 51.4 Å². The zero-order valence-corrected chi connectivity index (χ0v) is 17.8. The Hall–Kier alpha value is -2.96. The van der Waals surface area contributed by atoms with Crippen LogP contribution in [-0.4, -0.2) is 21.3 Å². The van der Waals surface area contributed by atoms with Crippen LogP contribution in [0.2, 0.25) is 0 Å². The van der Waals surface area contributed by atoms with Crippen molar-refractivity contribution in [3.63, 3.8) is 0 Å². The number of hydrogen-bond acceptors (Lipinski definition) is 4. The molecule has 2 fully saturated rings. The SMILES string of the molecule is Nc1c(C(=O)NC2CCCCC2)cc2c(=O)n3ccccc3nc2[n+]1C1CCCCC1. The van der Waals surface area contributed by atoms with E-state index >= 15 is 0 Å². The van der Waals surface area contributed by atoms with E-state index in [1.165, 1.54) is 17.2 Å². The normalized spacial score (nSPS) is 18.5. The number of nitrogen functional groups attached to an aromatic ring is 1. The Balaban J connectivity index is 1.69. The van der Waals surface area contributed by atoms with Gasteiger partial charge in [-0.2, -0.15) is 0 Å². The molecule has 0 spiro atoms. The maximum atomic E-state index is 13.3. The van der Waals surface area contributed by atoms with Crippen LogP contribution in [0.4, 0.5) is 5.82 Å². The molecule has 0 aromatic carbocycles. The minimum Gasteiger partial charge on any atom is -0.349 e. The number of pyridine rings is 2. The minimum absolute atomic E-state index is 0.150. The van der Waals surface area contributed by atoms with Gasteiger partial charge >= 0.3 is 0 Å². The van der Waals surface area contributed by atoms with Crippen molar-refractivity contribution in [2.75, 3.05) is 5.73 Å². The lowest BCUT2D eigenvalue weighted by Crippen LogP contribution is -2.47. The maximum absolute atomic E-state index is 13.3. The molecule has 3 heterocycles. The molecule has 0 radical (unpaired) electrons. The first-order valence-electron chi connectivity index (χ1n) is 11.6. The second kappa shape index (κ2) is 8.29. The van der Waals surface area contributed by atoms with Gasteiger partial charge in [0.15, 0.2) is 0 Å². The van der Waals surface area contributed by atoms with Crippen LogP contribution in [0.5, 0.6) is 0 Å². The van der Waals surface area contributed by atoms with Crippen LogP contribution in [0.15, 0.2) is 35.3 Å². The lowest BCUT2D eigenvalue weighted by atomic mass is 9.94. The largest absolute Gasteiger partial charge is 0.349 e. The molecular weight excluding hydrogens is 390 g/mol. The molecule has 0 bridgehead atoms. The van der Waals surface area contributed by atoms with Crippen LogP contribution >= 0.6 is 0 Å². The Morgan fingerprint density at radius 1 is 1.06 bits per heavy atom. The zero-order chi connectivity index (χ0) is 21.4. The van der Waals surface area contributed by atoms with Crippen molar-refractivity contribution >= 4 is 28.4 Å². The highest BCUT2D eigenvalue weighted by Gasteiger charge is 2.30. The maximum Gasteiger partial charge on any atom is 0.278 e. The molecule has 3 aromatic heterocycles. The Morgan fingerprint density at radius 2 is 1.77 bits per heavy atom. The number of amides is 1. The molecule has 1 amide bonds. The van der Waals surface area contributed by atoms with Crippen LogP contribution in [0.25, 0.3) is 16.7 Å². The van der Waals surface area contributed by atoms with Crippen molar-refractivity contribution in [2.24, 2.45) is 0 Å². The third-order valence-electron chi connectivity index (χ3n) is 6.93. The number of carbonyl (C=O) groups is 1. The summed E-state index contributed by atoms with van der Waals surface area (Å²) < 4.78 is 3.51. The van der Waals surface area contributed by atoms with Gasteiger partial charge in [0.1, 0.15) is 10.9 Å². The van der Waals surface area contributed by atoms with Crippen LogP contribution in [0.1, 0.15) is 80.6 Å². The summed E-state index contributed by atoms with van der Waals surface area (Å²) in [7, 11) is 0. The number of nitrogens with one attached hydrogen (secondary N) is 1. The summed E-state index contributed by atoms with van der Waals surface area (Å²) in [5.74, 6) is 0.230. The van der Waals surface area contributed by atoms with E-state index in [9.17, 15) is 9.59 Å². The molecule has 0 saturated heterocycles. The molecule has 162 valence electrons. The molecule has 0 aliphatic heterocycles. The van der Waals surface area contributed by atoms with Gasteiger partial charge in [0.25, 0.3) is 17.1 Å². The summed E-state index contributed by atoms with van der Waals surface area (Å²) in [5.41, 5.74) is 8.02. The van der Waals surface area contributed by atoms with Gasteiger partial charge in [-0.05, 0) is 56.7 Å². The topological polar surface area (TPSA) is 93.4 Å². The fourth-order valence-corrected chi connectivity index (χ4v) is 5.26. The number of nitrogens with zero attached hydrogens (tertiary/aromatic N) is 3. The van der Waals surface area contributed by atoms with Crippen molar-refractivity contribution in [3.05, 3.63) is 46.4 Å². The minimum atomic E-state index is -0.187. The van der Waals surface area contributed by atoms with Crippen LogP contribution < -0.4 is 21.2 Å². The molecule has 2 aliphatic rings. The van der Waals surface area contributed by atoms with Gasteiger partial charge in [-0.15, -0.1) is 0 Å². The Morgan fingerprint density at radius 3 is 2.52 bits per heavy atom. The average molecular weight is 421 g/mol. The first-order chi connectivity index (χ1) is 15.1. The van der Waals surface area contributed by atoms with Gasteiger partial charge in [0, 0.05) is 12.2 Å². The fourth-order valence-electron chi connectivity index (χ4n) is 5.26. The standard InChI is InChI=1S/C24H29N5O2/c25-21-18(23(30)26-16-9-3-1-4-10-16)15-19-22(29(21)17-11-5-2-6-12-17)27-20-13-7-8-14-28(20)24(19)31/h7-8,13-17,25H,1-6,9-12H2,(H,26,30)/p+1. The lowest BCUT2D eigenvalue weighted by Gasteiger charge is -2.25. The highest BCUT2D eigenvalue weighted by atomic mass is 16.2. The first-order valence-corrected chi connectivity index (χ1v) is 11.6. The average Bonchev–Trinajstić information content (AvgIpc) is 2.80. The summed E-state index contributed by atoms with van der Waals surface area (Å²) >= 11 is 0. The number of rotatable bonds is 3. The Bertz CT molecular complexity index is 1190. The highest BCUT2D eigenvalue weighted by molar-refractivity contribution is 6.00. The molecule has 7 heteroatoms. The molecule has 5 rings (SSSR count). The third kappa shape index (κ3) is 3.66. The van der Waals surface area contributed by atoms with Crippen LogP contribution in [0, 0.1) is 0 Å². The van der Waals surface area contributed by atoms with Crippen molar-refractivity contribution in [3.8, 4) is 0 Å². The first kappa shape index (κ1) is 20.0. The van der Waals surface area contributed by atoms with Gasteiger partial charge in [-0.1, -0.05) is 36.7 Å². The van der Waals surface area contributed by atoms with Crippen LogP contribution in [0.3, 0.4) is 0 Å². The van der Waals surface area contributed by atoms with Gasteiger partial charge in [0.05, 0.1) is 6.04 Å². The van der Waals surface area contributed by atoms with E-state index in [0.29, 0.717) is 28.1 Å². The van der Waals surface area contributed by atoms with E-state index < -0.39 is 0 Å². The number of hydrogen-bond donors (Lipinski definition) is 2. The third-order valence-corrected chi connectivity index (χ3v) is 6.93. The summed E-state index contributed by atoms with van der Waals surface area (Å²) in [5, 5.41) is 3.61. The van der Waals surface area contributed by atoms with Gasteiger partial charge in [0.2, 0.25) is 11.5 Å². The molecule has 31 heavy (non-hydrogen) atoms. The Kier molecular flexibility index (Phi) is 5.34. The van der Waals surface area contributed by atoms with E-state index in [1.807, 2.05) is 22.8 Å². The number of fused-ring (bicyclic) bond motifs is 2. The molecule has 3 aromatic rings. The van der Waals surface area contributed by atoms with E-state index in [-0.39, 0.29) is 23.6 Å². The summed E-state index contributed by atoms with van der Waals surface area (Å²) in [4.78, 5) is 31.4. The second-order valence-corrected chi connectivity index (χ2v) is 9.00. The highest BCUT2D eigenvalue weighted by Crippen LogP contribution is 2.27. The summed E-state index contributed by atoms with van der Waals surface area (Å²) in [6.45, 7) is 0. The van der Waals surface area contributed by atoms with Gasteiger partial charge < -0.3 is 11.1 Å². The molecule has 7 nitrogen and oxygen atoms in total.